The zero-order valence-corrected chi connectivity index (χ0v) is 34.6. The summed E-state index contributed by atoms with van der Waals surface area (Å²) in [5.41, 5.74) is 5.86. The molecule has 0 unspecified atom stereocenters. The number of aromatic nitrogens is 3. The molecule has 0 bridgehead atoms. The molecule has 0 saturated carbocycles. The molecular formula is C50H43N5OPt+2. The van der Waals surface area contributed by atoms with Crippen molar-refractivity contribution >= 4 is 50.6 Å². The minimum atomic E-state index is -2.83. The fourth-order valence-electron chi connectivity index (χ4n) is 7.07. The van der Waals surface area contributed by atoms with Crippen molar-refractivity contribution in [3.63, 3.8) is 0 Å². The molecule has 3 aromatic heterocycles. The van der Waals surface area contributed by atoms with Crippen LogP contribution in [-0.4, -0.2) is 20.5 Å². The maximum Gasteiger partial charge on any atom is 2.00 e. The monoisotopic (exact) mass is 931 g/mol. The molecule has 282 valence electrons. The van der Waals surface area contributed by atoms with E-state index in [9.17, 15) is 0 Å². The van der Waals surface area contributed by atoms with Crippen molar-refractivity contribution in [2.45, 2.75) is 59.2 Å². The van der Waals surface area contributed by atoms with Crippen LogP contribution in [0, 0.1) is 19.0 Å². The molecule has 4 heterocycles. The van der Waals surface area contributed by atoms with Crippen LogP contribution in [0.3, 0.4) is 0 Å². The Kier molecular flexibility index (Phi) is 7.71. The summed E-state index contributed by atoms with van der Waals surface area (Å²) in [5, 5.41) is 2.00. The van der Waals surface area contributed by atoms with Gasteiger partial charge in [-0.3, -0.25) is 4.98 Å². The van der Waals surface area contributed by atoms with Gasteiger partial charge in [0.1, 0.15) is 11.5 Å². The normalized spacial score (nSPS) is 14.6. The molecule has 1 aliphatic heterocycles. The average molecular weight is 932 g/mol. The van der Waals surface area contributed by atoms with Gasteiger partial charge in [-0.05, 0) is 63.0 Å². The van der Waals surface area contributed by atoms with Gasteiger partial charge in [-0.15, -0.1) is 29.1 Å². The summed E-state index contributed by atoms with van der Waals surface area (Å²) in [6, 6.07) is 37.4. The standard InChI is InChI=1S/C50H43N5O.Pt/c1-33-16-18-34(19-17-33)40-12-8-9-13-43(40)54-32-53(44-14-10-11-15-45(44)54)37-26-36(50(5,6)7)27-39(29-37)56-38-20-21-41-42-23-24-51-31-47(42)55(46(41)30-38)48-28-35(22-25-52-48)49(2,3)4;/h8-28,31H,1-7H3;/q;+2/i1D3,16D,17D,18D,19D;. The fraction of sp³-hybridized carbons (Fsp3) is 0.180. The number of fused-ring (bicyclic) bond motifs is 4. The van der Waals surface area contributed by atoms with Gasteiger partial charge in [0.15, 0.2) is 0 Å². The van der Waals surface area contributed by atoms with Crippen LogP contribution in [0.4, 0.5) is 22.7 Å². The van der Waals surface area contributed by atoms with E-state index in [0.29, 0.717) is 28.4 Å². The van der Waals surface area contributed by atoms with Gasteiger partial charge in [-0.1, -0.05) is 118 Å². The summed E-state index contributed by atoms with van der Waals surface area (Å²) in [6.45, 7) is 10.1. The average Bonchev–Trinajstić information content (AvgIpc) is 3.78. The Bertz CT molecular complexity index is 3240. The number of rotatable bonds is 6. The van der Waals surface area contributed by atoms with E-state index >= 15 is 0 Å². The molecule has 1 aliphatic rings. The van der Waals surface area contributed by atoms with E-state index in [-0.39, 0.29) is 37.5 Å². The van der Waals surface area contributed by atoms with Gasteiger partial charge in [-0.2, -0.15) is 6.07 Å². The zero-order valence-electron chi connectivity index (χ0n) is 39.4. The van der Waals surface area contributed by atoms with Crippen LogP contribution in [-0.2, 0) is 31.9 Å². The van der Waals surface area contributed by atoms with Gasteiger partial charge < -0.3 is 9.30 Å². The summed E-state index contributed by atoms with van der Waals surface area (Å²) in [6.07, 6.45) is 5.47. The van der Waals surface area contributed by atoms with Crippen molar-refractivity contribution in [3.8, 4) is 28.4 Å². The molecule has 6 nitrogen and oxygen atoms in total. The maximum atomic E-state index is 8.92. The van der Waals surface area contributed by atoms with E-state index in [2.05, 4.69) is 75.3 Å². The molecule has 57 heavy (non-hydrogen) atoms. The van der Waals surface area contributed by atoms with Gasteiger partial charge in [0, 0.05) is 46.2 Å². The number of nitrogens with zero attached hydrogens (tertiary/aromatic N) is 5. The Morgan fingerprint density at radius 3 is 2.18 bits per heavy atom. The summed E-state index contributed by atoms with van der Waals surface area (Å²) < 4.78 is 71.3. The smallest absolute Gasteiger partial charge is 0.509 e. The third-order valence-electron chi connectivity index (χ3n) is 10.1. The maximum absolute atomic E-state index is 8.92. The van der Waals surface area contributed by atoms with E-state index in [0.717, 1.165) is 50.1 Å². The van der Waals surface area contributed by atoms with Crippen molar-refractivity contribution in [1.29, 1.82) is 0 Å². The zero-order chi connectivity index (χ0) is 44.7. The van der Waals surface area contributed by atoms with Crippen molar-refractivity contribution in [2.24, 2.45) is 0 Å². The molecule has 0 saturated heterocycles. The van der Waals surface area contributed by atoms with Gasteiger partial charge >= 0.3 is 27.1 Å². The largest absolute Gasteiger partial charge is 2.00 e. The quantitative estimate of drug-likeness (QED) is 0.123. The number of para-hydroxylation sites is 3. The van der Waals surface area contributed by atoms with Crippen molar-refractivity contribution in [2.75, 3.05) is 0 Å². The number of hydrogen-bond acceptors (Lipinski definition) is 3. The van der Waals surface area contributed by atoms with Crippen molar-refractivity contribution < 1.29 is 35.4 Å². The third kappa shape index (κ3) is 7.05. The second-order valence-corrected chi connectivity index (χ2v) is 16.0. The Hall–Kier alpha value is -5.93. The van der Waals surface area contributed by atoms with Crippen LogP contribution >= 0.6 is 0 Å². The molecule has 0 atom stereocenters. The first-order valence-corrected chi connectivity index (χ1v) is 18.5. The second-order valence-electron chi connectivity index (χ2n) is 16.0. The van der Waals surface area contributed by atoms with Gasteiger partial charge in [0.2, 0.25) is 5.69 Å². The predicted molar refractivity (Wildman–Crippen MR) is 229 cm³/mol. The van der Waals surface area contributed by atoms with E-state index in [1.54, 1.807) is 18.3 Å². The van der Waals surface area contributed by atoms with E-state index in [1.165, 1.54) is 0 Å². The molecule has 0 radical (unpaired) electrons. The molecule has 9 rings (SSSR count). The first-order valence-electron chi connectivity index (χ1n) is 22.0. The number of benzene rings is 5. The van der Waals surface area contributed by atoms with E-state index in [1.807, 2.05) is 94.3 Å². The first kappa shape index (κ1) is 30.2. The minimum Gasteiger partial charge on any atom is -0.509 e. The van der Waals surface area contributed by atoms with E-state index < -0.39 is 36.6 Å². The van der Waals surface area contributed by atoms with Gasteiger partial charge in [-0.25, -0.2) is 4.98 Å². The third-order valence-corrected chi connectivity index (χ3v) is 10.1. The van der Waals surface area contributed by atoms with Crippen LogP contribution in [0.25, 0.3) is 38.8 Å². The summed E-state index contributed by atoms with van der Waals surface area (Å²) >= 11 is 0. The number of pyridine rings is 2. The van der Waals surface area contributed by atoms with Crippen molar-refractivity contribution in [1.82, 2.24) is 23.7 Å². The van der Waals surface area contributed by atoms with E-state index in [4.69, 9.17) is 19.3 Å². The minimum absolute atomic E-state index is 0. The number of hydrogen-bond donors (Lipinski definition) is 0. The Morgan fingerprint density at radius 1 is 0.719 bits per heavy atom. The fourth-order valence-corrected chi connectivity index (χ4v) is 7.07. The molecule has 0 spiro atoms. The summed E-state index contributed by atoms with van der Waals surface area (Å²) in [7, 11) is 0. The van der Waals surface area contributed by atoms with Crippen LogP contribution in [0.1, 0.15) is 67.8 Å². The molecule has 0 amide bonds. The van der Waals surface area contributed by atoms with Gasteiger partial charge in [0.05, 0.1) is 22.8 Å². The molecule has 0 aliphatic carbocycles. The SMILES string of the molecule is [2H]c1c([2H])c(C([2H])([2H])[2H])c([2H])c([2H])c1-c1ccccc1[N+]1=C=[N+](c2[c-]c(Oc3[c-]c4c(cc3)c3ccncc3n4-c3cc(C(C)(C)C)ccn3)cc(C(C)(C)C)c2)c2ccccc21.[Pt+2]. The summed E-state index contributed by atoms with van der Waals surface area (Å²) in [4.78, 5) is 9.26. The van der Waals surface area contributed by atoms with Crippen LogP contribution < -0.4 is 13.9 Å². The molecule has 5 aromatic carbocycles. The molecule has 8 aromatic rings. The number of ether oxygens (including phenoxy) is 1. The Morgan fingerprint density at radius 2 is 1.44 bits per heavy atom. The van der Waals surface area contributed by atoms with Crippen LogP contribution in [0.15, 0.2) is 134 Å². The van der Waals surface area contributed by atoms with Gasteiger partial charge in [0.25, 0.3) is 11.4 Å². The molecular weight excluding hydrogens is 882 g/mol. The Balaban J connectivity index is 0.00000560. The topological polar surface area (TPSA) is 46.0 Å². The second kappa shape index (κ2) is 14.5. The predicted octanol–water partition coefficient (Wildman–Crippen LogP) is 12.4. The van der Waals surface area contributed by atoms with Crippen LogP contribution in [0.5, 0.6) is 11.5 Å². The van der Waals surface area contributed by atoms with Crippen LogP contribution in [0.2, 0.25) is 0 Å². The molecule has 0 N–H and O–H groups in total. The Labute approximate surface area is 358 Å². The molecule has 7 heteroatoms. The first-order chi connectivity index (χ1) is 29.8. The summed E-state index contributed by atoms with van der Waals surface area (Å²) in [5.74, 6) is 1.69. The molecule has 0 fully saturated rings. The van der Waals surface area contributed by atoms with Crippen molar-refractivity contribution in [3.05, 3.63) is 163 Å².